The van der Waals surface area contributed by atoms with Crippen molar-refractivity contribution in [3.05, 3.63) is 88.2 Å². The molecule has 5 heteroatoms. The number of aromatic nitrogens is 2. The van der Waals surface area contributed by atoms with Crippen LogP contribution in [0.15, 0.2) is 71.5 Å². The van der Waals surface area contributed by atoms with E-state index in [1.165, 1.54) is 10.7 Å². The number of aryl methyl sites for hydroxylation is 2. The predicted octanol–water partition coefficient (Wildman–Crippen LogP) is 2.93. The van der Waals surface area contributed by atoms with Crippen molar-refractivity contribution in [2.75, 3.05) is 0 Å². The highest BCUT2D eigenvalue weighted by Gasteiger charge is 2.06. The third kappa shape index (κ3) is 4.66. The van der Waals surface area contributed by atoms with Crippen LogP contribution < -0.4 is 10.9 Å². The second kappa shape index (κ2) is 8.25. The van der Waals surface area contributed by atoms with Crippen molar-refractivity contribution in [1.29, 1.82) is 0 Å². The van der Waals surface area contributed by atoms with E-state index in [9.17, 15) is 9.59 Å². The van der Waals surface area contributed by atoms with Gasteiger partial charge in [0.2, 0.25) is 5.91 Å². The van der Waals surface area contributed by atoms with Gasteiger partial charge in [-0.15, -0.1) is 0 Å². The highest BCUT2D eigenvalue weighted by molar-refractivity contribution is 5.75. The van der Waals surface area contributed by atoms with Gasteiger partial charge in [0.05, 0.1) is 12.2 Å². The van der Waals surface area contributed by atoms with Gasteiger partial charge in [-0.3, -0.25) is 9.59 Å². The van der Waals surface area contributed by atoms with E-state index in [1.54, 1.807) is 6.07 Å². The first-order valence-corrected chi connectivity index (χ1v) is 8.58. The molecule has 1 heterocycles. The average molecular weight is 347 g/mol. The summed E-state index contributed by atoms with van der Waals surface area (Å²) in [5, 5.41) is 7.25. The van der Waals surface area contributed by atoms with Gasteiger partial charge in [0.25, 0.3) is 5.56 Å². The molecule has 0 saturated carbocycles. The lowest BCUT2D eigenvalue weighted by atomic mass is 10.1. The monoisotopic (exact) mass is 347 g/mol. The number of hydrogen-bond acceptors (Lipinski definition) is 3. The zero-order valence-electron chi connectivity index (χ0n) is 14.7. The summed E-state index contributed by atoms with van der Waals surface area (Å²) in [6, 6.07) is 20.9. The van der Waals surface area contributed by atoms with E-state index in [-0.39, 0.29) is 24.4 Å². The number of carbonyl (C=O) groups excluding carboxylic acids is 1. The molecule has 0 fully saturated rings. The van der Waals surface area contributed by atoms with Gasteiger partial charge in [0, 0.05) is 24.6 Å². The molecular formula is C21H21N3O2. The molecule has 0 aliphatic rings. The second-order valence-corrected chi connectivity index (χ2v) is 6.16. The van der Waals surface area contributed by atoms with Crippen LogP contribution in [0.25, 0.3) is 11.3 Å². The Kier molecular flexibility index (Phi) is 5.59. The molecule has 2 aromatic carbocycles. The highest BCUT2D eigenvalue weighted by atomic mass is 16.2. The summed E-state index contributed by atoms with van der Waals surface area (Å²) < 4.78 is 1.34. The van der Waals surface area contributed by atoms with Crippen molar-refractivity contribution < 1.29 is 4.79 Å². The van der Waals surface area contributed by atoms with Crippen LogP contribution in [0.5, 0.6) is 0 Å². The maximum Gasteiger partial charge on any atom is 0.266 e. The third-order valence-corrected chi connectivity index (χ3v) is 4.10. The first kappa shape index (κ1) is 17.6. The van der Waals surface area contributed by atoms with E-state index in [1.807, 2.05) is 61.5 Å². The number of amides is 1. The predicted molar refractivity (Wildman–Crippen MR) is 102 cm³/mol. The Bertz CT molecular complexity index is 931. The zero-order valence-corrected chi connectivity index (χ0v) is 14.7. The molecule has 0 bridgehead atoms. The van der Waals surface area contributed by atoms with Gasteiger partial charge in [-0.1, -0.05) is 60.2 Å². The van der Waals surface area contributed by atoms with E-state index < -0.39 is 0 Å². The summed E-state index contributed by atoms with van der Waals surface area (Å²) in [6.07, 6.45) is 0.205. The molecule has 3 rings (SSSR count). The summed E-state index contributed by atoms with van der Waals surface area (Å²) in [7, 11) is 0. The molecule has 0 unspecified atom stereocenters. The van der Waals surface area contributed by atoms with E-state index >= 15 is 0 Å². The average Bonchev–Trinajstić information content (AvgIpc) is 2.67. The van der Waals surface area contributed by atoms with E-state index in [4.69, 9.17) is 0 Å². The van der Waals surface area contributed by atoms with Gasteiger partial charge < -0.3 is 5.32 Å². The van der Waals surface area contributed by atoms with E-state index in [0.29, 0.717) is 12.2 Å². The summed E-state index contributed by atoms with van der Waals surface area (Å²) >= 11 is 0. The summed E-state index contributed by atoms with van der Waals surface area (Å²) in [4.78, 5) is 24.1. The minimum Gasteiger partial charge on any atom is -0.352 e. The fourth-order valence-electron chi connectivity index (χ4n) is 2.58. The minimum absolute atomic E-state index is 0.108. The minimum atomic E-state index is -0.211. The number of benzene rings is 2. The highest BCUT2D eigenvalue weighted by Crippen LogP contribution is 2.15. The molecular weight excluding hydrogens is 326 g/mol. The molecule has 0 atom stereocenters. The number of rotatable bonds is 6. The molecule has 5 nitrogen and oxygen atoms in total. The van der Waals surface area contributed by atoms with Crippen LogP contribution in [0.3, 0.4) is 0 Å². The van der Waals surface area contributed by atoms with Crippen molar-refractivity contribution in [2.24, 2.45) is 0 Å². The molecule has 0 saturated heterocycles. The Morgan fingerprint density at radius 2 is 1.73 bits per heavy atom. The molecule has 3 aromatic rings. The fraction of sp³-hybridized carbons (Fsp3) is 0.190. The van der Waals surface area contributed by atoms with Crippen molar-refractivity contribution in [3.8, 4) is 11.3 Å². The van der Waals surface area contributed by atoms with Crippen molar-refractivity contribution in [3.63, 3.8) is 0 Å². The van der Waals surface area contributed by atoms with Crippen LogP contribution in [0.1, 0.15) is 17.5 Å². The zero-order chi connectivity index (χ0) is 18.4. The van der Waals surface area contributed by atoms with E-state index in [0.717, 1.165) is 16.7 Å². The Morgan fingerprint density at radius 1 is 1.00 bits per heavy atom. The smallest absolute Gasteiger partial charge is 0.266 e. The van der Waals surface area contributed by atoms with Crippen LogP contribution in [0.4, 0.5) is 0 Å². The Hall–Kier alpha value is -3.21. The molecule has 0 aliphatic carbocycles. The lowest BCUT2D eigenvalue weighted by Gasteiger charge is -2.08. The standard InChI is InChI=1S/C21H21N3O2/c1-16-7-9-18(10-8-16)19-11-12-21(26)24(23-19)14-13-20(25)22-15-17-5-3-2-4-6-17/h2-12H,13-15H2,1H3,(H,22,25). The van der Waals surface area contributed by atoms with Gasteiger partial charge in [0.1, 0.15) is 0 Å². The first-order chi connectivity index (χ1) is 12.6. The maximum atomic E-state index is 12.0. The number of carbonyl (C=O) groups is 1. The van der Waals surface area contributed by atoms with Crippen LogP contribution >= 0.6 is 0 Å². The third-order valence-electron chi connectivity index (χ3n) is 4.10. The largest absolute Gasteiger partial charge is 0.352 e. The number of nitrogens with zero attached hydrogens (tertiary/aromatic N) is 2. The van der Waals surface area contributed by atoms with Crippen LogP contribution in [-0.2, 0) is 17.9 Å². The Labute approximate surface area is 152 Å². The van der Waals surface area contributed by atoms with Gasteiger partial charge in [-0.05, 0) is 18.6 Å². The van der Waals surface area contributed by atoms with Crippen LogP contribution in [0, 0.1) is 6.92 Å². The molecule has 1 amide bonds. The van der Waals surface area contributed by atoms with Gasteiger partial charge in [-0.25, -0.2) is 4.68 Å². The van der Waals surface area contributed by atoms with Gasteiger partial charge in [-0.2, -0.15) is 5.10 Å². The quantitative estimate of drug-likeness (QED) is 0.746. The Balaban J connectivity index is 1.62. The molecule has 132 valence electrons. The molecule has 1 N–H and O–H groups in total. The molecule has 26 heavy (non-hydrogen) atoms. The lowest BCUT2D eigenvalue weighted by molar-refractivity contribution is -0.121. The molecule has 1 aromatic heterocycles. The van der Waals surface area contributed by atoms with Gasteiger partial charge in [0.15, 0.2) is 0 Å². The molecule has 0 spiro atoms. The fourth-order valence-corrected chi connectivity index (χ4v) is 2.58. The van der Waals surface area contributed by atoms with Crippen LogP contribution in [0.2, 0.25) is 0 Å². The lowest BCUT2D eigenvalue weighted by Crippen LogP contribution is -2.28. The van der Waals surface area contributed by atoms with E-state index in [2.05, 4.69) is 10.4 Å². The Morgan fingerprint density at radius 3 is 2.46 bits per heavy atom. The number of hydrogen-bond donors (Lipinski definition) is 1. The molecule has 0 radical (unpaired) electrons. The summed E-state index contributed by atoms with van der Waals surface area (Å²) in [5.74, 6) is -0.108. The molecule has 0 aliphatic heterocycles. The van der Waals surface area contributed by atoms with Crippen molar-refractivity contribution in [2.45, 2.75) is 26.4 Å². The summed E-state index contributed by atoms with van der Waals surface area (Å²) in [5.41, 5.74) is 3.65. The summed E-state index contributed by atoms with van der Waals surface area (Å²) in [6.45, 7) is 2.75. The van der Waals surface area contributed by atoms with Gasteiger partial charge >= 0.3 is 0 Å². The van der Waals surface area contributed by atoms with Crippen LogP contribution in [-0.4, -0.2) is 15.7 Å². The van der Waals surface area contributed by atoms with Crippen molar-refractivity contribution >= 4 is 5.91 Å². The SMILES string of the molecule is Cc1ccc(-c2ccc(=O)n(CCC(=O)NCc3ccccc3)n2)cc1. The normalized spacial score (nSPS) is 10.5. The second-order valence-electron chi connectivity index (χ2n) is 6.16. The first-order valence-electron chi connectivity index (χ1n) is 8.58. The maximum absolute atomic E-state index is 12.0. The topological polar surface area (TPSA) is 64.0 Å². The van der Waals surface area contributed by atoms with Crippen molar-refractivity contribution in [1.82, 2.24) is 15.1 Å². The number of nitrogens with one attached hydrogen (secondary N) is 1.